The minimum atomic E-state index is -4.20. The van der Waals surface area contributed by atoms with Crippen LogP contribution >= 0.6 is 0 Å². The van der Waals surface area contributed by atoms with Gasteiger partial charge in [0.05, 0.1) is 19.3 Å². The molecular weight excluding hydrogens is 196 g/mol. The number of hydrogen-bond donors (Lipinski definition) is 2. The highest BCUT2D eigenvalue weighted by molar-refractivity contribution is 7.86. The van der Waals surface area contributed by atoms with E-state index in [2.05, 4.69) is 6.58 Å². The summed E-state index contributed by atoms with van der Waals surface area (Å²) in [6.07, 6.45) is 0.250. The maximum absolute atomic E-state index is 10.5. The molecule has 0 aromatic heterocycles. The number of rotatable bonds is 6. The second kappa shape index (κ2) is 5.33. The lowest BCUT2D eigenvalue weighted by molar-refractivity contribution is 0.0480. The maximum atomic E-state index is 10.5. The molecule has 78 valence electrons. The first-order chi connectivity index (χ1) is 5.89. The summed E-state index contributed by atoms with van der Waals surface area (Å²) in [5.74, 6) is 0. The highest BCUT2D eigenvalue weighted by Gasteiger charge is 2.25. The lowest BCUT2D eigenvalue weighted by atomic mass is 10.3. The number of ether oxygens (including phenoxy) is 1. The highest BCUT2D eigenvalue weighted by Crippen LogP contribution is 2.04. The predicted molar refractivity (Wildman–Crippen MR) is 48.0 cm³/mol. The third-order valence-electron chi connectivity index (χ3n) is 1.54. The summed E-state index contributed by atoms with van der Waals surface area (Å²) in [4.78, 5) is 0. The summed E-state index contributed by atoms with van der Waals surface area (Å²) in [6, 6.07) is 0. The van der Waals surface area contributed by atoms with Crippen LogP contribution in [0.3, 0.4) is 0 Å². The Morgan fingerprint density at radius 3 is 2.54 bits per heavy atom. The number of aliphatic hydroxyl groups is 1. The van der Waals surface area contributed by atoms with E-state index in [1.54, 1.807) is 0 Å². The molecule has 0 aliphatic carbocycles. The first-order valence-electron chi connectivity index (χ1n) is 3.72. The summed E-state index contributed by atoms with van der Waals surface area (Å²) in [5, 5.41) is 7.94. The van der Waals surface area contributed by atoms with Crippen molar-refractivity contribution in [2.45, 2.75) is 18.3 Å². The zero-order valence-electron chi connectivity index (χ0n) is 7.38. The minimum Gasteiger partial charge on any atom is -0.389 e. The van der Waals surface area contributed by atoms with Crippen molar-refractivity contribution in [3.8, 4) is 0 Å². The van der Waals surface area contributed by atoms with Crippen LogP contribution in [-0.4, -0.2) is 42.6 Å². The van der Waals surface area contributed by atoms with Crippen molar-refractivity contribution in [1.82, 2.24) is 0 Å². The Bertz CT molecular complexity index is 246. The van der Waals surface area contributed by atoms with E-state index < -0.39 is 21.5 Å². The van der Waals surface area contributed by atoms with Crippen LogP contribution in [0.2, 0.25) is 0 Å². The van der Waals surface area contributed by atoms with Crippen molar-refractivity contribution in [2.24, 2.45) is 0 Å². The van der Waals surface area contributed by atoms with Gasteiger partial charge in [-0.2, -0.15) is 8.42 Å². The van der Waals surface area contributed by atoms with Gasteiger partial charge < -0.3 is 9.84 Å². The first kappa shape index (κ1) is 12.6. The van der Waals surface area contributed by atoms with Gasteiger partial charge in [-0.3, -0.25) is 4.55 Å². The standard InChI is InChI=1S/C7H14O5S/c1-3-4-12-5-7(8)6(2)13(9,10)11/h3,6-8H,1,4-5H2,2H3,(H,9,10,11). The van der Waals surface area contributed by atoms with E-state index in [4.69, 9.17) is 9.29 Å². The smallest absolute Gasteiger partial charge is 0.270 e. The van der Waals surface area contributed by atoms with Crippen molar-refractivity contribution in [1.29, 1.82) is 0 Å². The Balaban J connectivity index is 3.97. The average molecular weight is 210 g/mol. The van der Waals surface area contributed by atoms with Gasteiger partial charge in [0.1, 0.15) is 5.25 Å². The van der Waals surface area contributed by atoms with Crippen LogP contribution in [0.1, 0.15) is 6.92 Å². The third-order valence-corrected chi connectivity index (χ3v) is 2.79. The van der Waals surface area contributed by atoms with Crippen molar-refractivity contribution in [3.63, 3.8) is 0 Å². The zero-order chi connectivity index (χ0) is 10.5. The molecule has 0 heterocycles. The van der Waals surface area contributed by atoms with Crippen LogP contribution in [-0.2, 0) is 14.9 Å². The van der Waals surface area contributed by atoms with Gasteiger partial charge in [-0.15, -0.1) is 6.58 Å². The molecule has 6 heteroatoms. The molecule has 2 atom stereocenters. The summed E-state index contributed by atoms with van der Waals surface area (Å²) in [6.45, 7) is 4.67. The molecular formula is C7H14O5S. The number of hydrogen-bond acceptors (Lipinski definition) is 4. The molecule has 13 heavy (non-hydrogen) atoms. The highest BCUT2D eigenvalue weighted by atomic mass is 32.2. The van der Waals surface area contributed by atoms with Crippen molar-refractivity contribution < 1.29 is 22.8 Å². The second-order valence-corrected chi connectivity index (χ2v) is 4.39. The Morgan fingerprint density at radius 1 is 1.62 bits per heavy atom. The van der Waals surface area contributed by atoms with Crippen molar-refractivity contribution in [2.75, 3.05) is 13.2 Å². The molecule has 0 saturated heterocycles. The molecule has 0 aromatic carbocycles. The van der Waals surface area contributed by atoms with Gasteiger partial charge in [-0.05, 0) is 6.92 Å². The van der Waals surface area contributed by atoms with Gasteiger partial charge in [0.2, 0.25) is 0 Å². The molecule has 2 unspecified atom stereocenters. The van der Waals surface area contributed by atoms with Crippen LogP contribution in [0.25, 0.3) is 0 Å². The summed E-state index contributed by atoms with van der Waals surface area (Å²) in [5.41, 5.74) is 0. The fraction of sp³-hybridized carbons (Fsp3) is 0.714. The zero-order valence-corrected chi connectivity index (χ0v) is 8.20. The van der Waals surface area contributed by atoms with Crippen molar-refractivity contribution >= 4 is 10.1 Å². The Hall–Kier alpha value is -0.430. The van der Waals surface area contributed by atoms with Gasteiger partial charge in [-0.1, -0.05) is 6.08 Å². The first-order valence-corrected chi connectivity index (χ1v) is 5.23. The van der Waals surface area contributed by atoms with E-state index in [0.29, 0.717) is 0 Å². The summed E-state index contributed by atoms with van der Waals surface area (Å²) < 4.78 is 34.4. The van der Waals surface area contributed by atoms with E-state index in [9.17, 15) is 13.5 Å². The van der Waals surface area contributed by atoms with Gasteiger partial charge >= 0.3 is 0 Å². The topological polar surface area (TPSA) is 83.8 Å². The van der Waals surface area contributed by atoms with Crippen LogP contribution in [0.4, 0.5) is 0 Å². The van der Waals surface area contributed by atoms with Gasteiger partial charge in [-0.25, -0.2) is 0 Å². The molecule has 0 aliphatic rings. The van der Waals surface area contributed by atoms with E-state index >= 15 is 0 Å². The molecule has 5 nitrogen and oxygen atoms in total. The van der Waals surface area contributed by atoms with Gasteiger partial charge in [0.25, 0.3) is 10.1 Å². The molecule has 0 radical (unpaired) electrons. The molecule has 0 aliphatic heterocycles. The van der Waals surface area contributed by atoms with Crippen LogP contribution in [0.5, 0.6) is 0 Å². The quantitative estimate of drug-likeness (QED) is 0.361. The Morgan fingerprint density at radius 2 is 2.15 bits per heavy atom. The fourth-order valence-electron chi connectivity index (χ4n) is 0.606. The van der Waals surface area contributed by atoms with Crippen LogP contribution in [0, 0.1) is 0 Å². The molecule has 0 fully saturated rings. The fourth-order valence-corrected chi connectivity index (χ4v) is 1.08. The SMILES string of the molecule is C=CCOCC(O)C(C)S(=O)(=O)O. The molecule has 0 saturated carbocycles. The predicted octanol–water partition coefficient (Wildman–Crippen LogP) is -0.174. The van der Waals surface area contributed by atoms with E-state index in [1.165, 1.54) is 13.0 Å². The molecule has 0 bridgehead atoms. The Kier molecular flexibility index (Phi) is 5.16. The van der Waals surface area contributed by atoms with Crippen LogP contribution in [0.15, 0.2) is 12.7 Å². The Labute approximate surface area is 77.8 Å². The average Bonchev–Trinajstić information content (AvgIpc) is 2.01. The lowest BCUT2D eigenvalue weighted by Crippen LogP contribution is -2.34. The summed E-state index contributed by atoms with van der Waals surface area (Å²) >= 11 is 0. The van der Waals surface area contributed by atoms with Gasteiger partial charge in [0, 0.05) is 0 Å². The molecule has 0 spiro atoms. The van der Waals surface area contributed by atoms with Crippen LogP contribution < -0.4 is 0 Å². The van der Waals surface area contributed by atoms with Crippen molar-refractivity contribution in [3.05, 3.63) is 12.7 Å². The normalized spacial score (nSPS) is 16.5. The van der Waals surface area contributed by atoms with E-state index in [0.717, 1.165) is 0 Å². The minimum absolute atomic E-state index is 0.146. The molecule has 0 amide bonds. The molecule has 0 rings (SSSR count). The third kappa shape index (κ3) is 4.99. The maximum Gasteiger partial charge on any atom is 0.270 e. The van der Waals surface area contributed by atoms with E-state index in [-0.39, 0.29) is 13.2 Å². The molecule has 0 aromatic rings. The molecule has 2 N–H and O–H groups in total. The monoisotopic (exact) mass is 210 g/mol. The largest absolute Gasteiger partial charge is 0.389 e. The number of aliphatic hydroxyl groups excluding tert-OH is 1. The second-order valence-electron chi connectivity index (χ2n) is 2.61. The van der Waals surface area contributed by atoms with Gasteiger partial charge in [0.15, 0.2) is 0 Å². The van der Waals surface area contributed by atoms with E-state index in [1.807, 2.05) is 0 Å². The lowest BCUT2D eigenvalue weighted by Gasteiger charge is -2.15. The summed E-state index contributed by atoms with van der Waals surface area (Å²) in [7, 11) is -4.20.